The van der Waals surface area contributed by atoms with Crippen LogP contribution in [-0.4, -0.2) is 24.5 Å². The minimum atomic E-state index is 0.505. The molecule has 0 aromatic carbocycles. The number of piperidine rings is 1. The third-order valence-electron chi connectivity index (χ3n) is 5.03. The lowest BCUT2D eigenvalue weighted by atomic mass is 9.65. The SMILES string of the molecule is CC.CC.CCC.CCN1CCC(C(C)(C)CC(C)(C)CC)CC1. The Labute approximate surface area is 157 Å². The van der Waals surface area contributed by atoms with E-state index in [2.05, 4.69) is 60.3 Å². The lowest BCUT2D eigenvalue weighted by molar-refractivity contribution is 0.0625. The zero-order chi connectivity index (χ0) is 19.8. The van der Waals surface area contributed by atoms with E-state index in [0.717, 1.165) is 5.92 Å². The van der Waals surface area contributed by atoms with Gasteiger partial charge < -0.3 is 4.90 Å². The maximum atomic E-state index is 2.59. The predicted molar refractivity (Wildman–Crippen MR) is 116 cm³/mol. The van der Waals surface area contributed by atoms with Gasteiger partial charge in [-0.15, -0.1) is 0 Å². The second-order valence-electron chi connectivity index (χ2n) is 8.10. The Bertz CT molecular complexity index is 234. The van der Waals surface area contributed by atoms with E-state index >= 15 is 0 Å². The summed E-state index contributed by atoms with van der Waals surface area (Å²) in [6, 6.07) is 0. The van der Waals surface area contributed by atoms with Gasteiger partial charge in [-0.2, -0.15) is 0 Å². The van der Waals surface area contributed by atoms with Gasteiger partial charge >= 0.3 is 0 Å². The van der Waals surface area contributed by atoms with Crippen LogP contribution < -0.4 is 0 Å². The molecule has 0 N–H and O–H groups in total. The van der Waals surface area contributed by atoms with Crippen molar-refractivity contribution >= 4 is 0 Å². The Kier molecular flexibility index (Phi) is 19.7. The summed E-state index contributed by atoms with van der Waals surface area (Å²) in [4.78, 5) is 2.59. The van der Waals surface area contributed by atoms with Crippen molar-refractivity contribution in [3.05, 3.63) is 0 Å². The van der Waals surface area contributed by atoms with Crippen LogP contribution in [0, 0.1) is 16.7 Å². The lowest BCUT2D eigenvalue weighted by Gasteiger charge is -2.44. The number of hydrogen-bond acceptors (Lipinski definition) is 1. The summed E-state index contributed by atoms with van der Waals surface area (Å²) in [6.07, 6.45) is 6.72. The highest BCUT2D eigenvalue weighted by molar-refractivity contribution is 4.87. The van der Waals surface area contributed by atoms with E-state index in [9.17, 15) is 0 Å². The monoisotopic (exact) mass is 343 g/mol. The maximum absolute atomic E-state index is 2.59. The molecule has 0 atom stereocenters. The fourth-order valence-electron chi connectivity index (χ4n) is 3.53. The van der Waals surface area contributed by atoms with E-state index in [0.29, 0.717) is 10.8 Å². The van der Waals surface area contributed by atoms with E-state index < -0.39 is 0 Å². The van der Waals surface area contributed by atoms with E-state index in [1.165, 1.54) is 51.7 Å². The molecule has 0 aromatic heterocycles. The molecule has 0 spiro atoms. The highest BCUT2D eigenvalue weighted by Gasteiger charge is 2.35. The first kappa shape index (κ1) is 28.8. The summed E-state index contributed by atoms with van der Waals surface area (Å²) >= 11 is 0. The van der Waals surface area contributed by atoms with Crippen molar-refractivity contribution < 1.29 is 0 Å². The van der Waals surface area contributed by atoms with Crippen LogP contribution in [-0.2, 0) is 0 Å². The molecule has 0 saturated carbocycles. The Morgan fingerprint density at radius 2 is 1.17 bits per heavy atom. The van der Waals surface area contributed by atoms with Gasteiger partial charge in [-0.1, -0.05) is 95.9 Å². The first-order chi connectivity index (χ1) is 11.2. The highest BCUT2D eigenvalue weighted by atomic mass is 15.1. The van der Waals surface area contributed by atoms with Crippen molar-refractivity contribution in [2.24, 2.45) is 16.7 Å². The highest BCUT2D eigenvalue weighted by Crippen LogP contribution is 2.44. The molecule has 1 aliphatic heterocycles. The van der Waals surface area contributed by atoms with E-state index in [1.54, 1.807) is 0 Å². The van der Waals surface area contributed by atoms with Gasteiger partial charge in [-0.05, 0) is 55.6 Å². The minimum Gasteiger partial charge on any atom is -0.304 e. The summed E-state index contributed by atoms with van der Waals surface area (Å²) in [7, 11) is 0. The summed E-state index contributed by atoms with van der Waals surface area (Å²) in [5.74, 6) is 0.927. The molecule has 0 aromatic rings. The number of likely N-dealkylation sites (tertiary alicyclic amines) is 1. The molecule has 0 unspecified atom stereocenters. The van der Waals surface area contributed by atoms with Crippen molar-refractivity contribution in [1.29, 1.82) is 0 Å². The summed E-state index contributed by atoms with van der Waals surface area (Å²) in [6.45, 7) is 30.6. The molecular weight excluding hydrogens is 290 g/mol. The Balaban J connectivity index is -0.000000549. The molecule has 0 radical (unpaired) electrons. The van der Waals surface area contributed by atoms with Crippen molar-refractivity contribution in [1.82, 2.24) is 4.90 Å². The van der Waals surface area contributed by atoms with Crippen LogP contribution in [0.2, 0.25) is 0 Å². The largest absolute Gasteiger partial charge is 0.304 e. The van der Waals surface area contributed by atoms with E-state index in [4.69, 9.17) is 0 Å². The molecular formula is C23H53N. The van der Waals surface area contributed by atoms with Gasteiger partial charge in [0.2, 0.25) is 0 Å². The fraction of sp³-hybridized carbons (Fsp3) is 1.00. The average molecular weight is 344 g/mol. The van der Waals surface area contributed by atoms with Gasteiger partial charge in [0.05, 0.1) is 0 Å². The van der Waals surface area contributed by atoms with E-state index in [1.807, 2.05) is 27.7 Å². The van der Waals surface area contributed by atoms with Gasteiger partial charge in [-0.3, -0.25) is 0 Å². The maximum Gasteiger partial charge on any atom is -0.00160 e. The van der Waals surface area contributed by atoms with Crippen LogP contribution in [0.1, 0.15) is 115 Å². The molecule has 0 aliphatic carbocycles. The number of nitrogens with zero attached hydrogens (tertiary/aromatic N) is 1. The minimum absolute atomic E-state index is 0.505. The van der Waals surface area contributed by atoms with Crippen LogP contribution in [0.4, 0.5) is 0 Å². The summed E-state index contributed by atoms with van der Waals surface area (Å²) in [5.41, 5.74) is 1.02. The van der Waals surface area contributed by atoms with Gasteiger partial charge in [0, 0.05) is 0 Å². The van der Waals surface area contributed by atoms with Gasteiger partial charge in [0.15, 0.2) is 0 Å². The second-order valence-corrected chi connectivity index (χ2v) is 8.10. The Morgan fingerprint density at radius 3 is 1.46 bits per heavy atom. The van der Waals surface area contributed by atoms with Crippen LogP contribution in [0.3, 0.4) is 0 Å². The molecule has 1 saturated heterocycles. The molecule has 0 amide bonds. The van der Waals surface area contributed by atoms with Crippen molar-refractivity contribution in [3.63, 3.8) is 0 Å². The average Bonchev–Trinajstić information content (AvgIpc) is 2.58. The molecule has 1 heterocycles. The summed E-state index contributed by atoms with van der Waals surface area (Å²) in [5, 5.41) is 0. The van der Waals surface area contributed by atoms with Gasteiger partial charge in [-0.25, -0.2) is 0 Å². The smallest absolute Gasteiger partial charge is 0.00160 e. The first-order valence-electron chi connectivity index (χ1n) is 10.9. The third-order valence-corrected chi connectivity index (χ3v) is 5.03. The zero-order valence-corrected chi connectivity index (χ0v) is 19.7. The van der Waals surface area contributed by atoms with Crippen LogP contribution in [0.15, 0.2) is 0 Å². The topological polar surface area (TPSA) is 3.24 Å². The van der Waals surface area contributed by atoms with E-state index in [-0.39, 0.29) is 0 Å². The van der Waals surface area contributed by atoms with Crippen molar-refractivity contribution in [2.75, 3.05) is 19.6 Å². The van der Waals surface area contributed by atoms with Crippen molar-refractivity contribution in [2.45, 2.75) is 115 Å². The zero-order valence-electron chi connectivity index (χ0n) is 19.7. The number of rotatable bonds is 5. The Hall–Kier alpha value is -0.0400. The quantitative estimate of drug-likeness (QED) is 0.488. The second kappa shape index (κ2) is 16.4. The molecule has 1 rings (SSSR count). The predicted octanol–water partition coefficient (Wildman–Crippen LogP) is 8.04. The molecule has 0 bridgehead atoms. The third kappa shape index (κ3) is 13.3. The van der Waals surface area contributed by atoms with Gasteiger partial charge in [0.1, 0.15) is 0 Å². The molecule has 150 valence electrons. The standard InChI is InChI=1S/C16H33N.C3H8.2C2H6/c1-7-15(3,4)13-16(5,6)14-9-11-17(8-2)12-10-14;1-3-2;2*1-2/h14H,7-13H2,1-6H3;3H2,1-2H3;2*1-2H3. The normalized spacial score (nSPS) is 16.0. The molecule has 1 heteroatoms. The molecule has 1 aliphatic rings. The Morgan fingerprint density at radius 1 is 0.792 bits per heavy atom. The van der Waals surface area contributed by atoms with Crippen LogP contribution in [0.5, 0.6) is 0 Å². The van der Waals surface area contributed by atoms with Crippen molar-refractivity contribution in [3.8, 4) is 0 Å². The first-order valence-corrected chi connectivity index (χ1v) is 10.9. The summed E-state index contributed by atoms with van der Waals surface area (Å²) < 4.78 is 0. The van der Waals surface area contributed by atoms with Gasteiger partial charge in [0.25, 0.3) is 0 Å². The van der Waals surface area contributed by atoms with Crippen LogP contribution in [0.25, 0.3) is 0 Å². The molecule has 1 nitrogen and oxygen atoms in total. The van der Waals surface area contributed by atoms with Crippen LogP contribution >= 0.6 is 0 Å². The lowest BCUT2D eigenvalue weighted by Crippen LogP contribution is -2.40. The number of hydrogen-bond donors (Lipinski definition) is 0. The molecule has 1 fully saturated rings. The molecule has 24 heavy (non-hydrogen) atoms. The fourth-order valence-corrected chi connectivity index (χ4v) is 3.53.